The highest BCUT2D eigenvalue weighted by Gasteiger charge is 2.19. The van der Waals surface area contributed by atoms with Gasteiger partial charge in [-0.25, -0.2) is 4.39 Å². The second-order valence-electron chi connectivity index (χ2n) is 6.52. The molecule has 0 saturated heterocycles. The molecule has 8 nitrogen and oxygen atoms in total. The van der Waals surface area contributed by atoms with Crippen LogP contribution in [0.5, 0.6) is 0 Å². The van der Waals surface area contributed by atoms with Crippen molar-refractivity contribution in [2.24, 2.45) is 0 Å². The zero-order chi connectivity index (χ0) is 21.6. The van der Waals surface area contributed by atoms with Crippen LogP contribution in [0.25, 0.3) is 16.5 Å². The lowest BCUT2D eigenvalue weighted by molar-refractivity contribution is -0.129. The Morgan fingerprint density at radius 3 is 2.87 bits per heavy atom. The van der Waals surface area contributed by atoms with E-state index in [1.807, 2.05) is 24.4 Å². The van der Waals surface area contributed by atoms with E-state index >= 15 is 0 Å². The van der Waals surface area contributed by atoms with Crippen molar-refractivity contribution in [1.29, 1.82) is 0 Å². The number of thiophene rings is 1. The summed E-state index contributed by atoms with van der Waals surface area (Å²) in [6.45, 7) is 2.77. The van der Waals surface area contributed by atoms with Gasteiger partial charge in [0.1, 0.15) is 12.1 Å². The quantitative estimate of drug-likeness (QED) is 0.350. The molecular formula is C20H19FN6O2S2. The lowest BCUT2D eigenvalue weighted by atomic mass is 10.3. The van der Waals surface area contributed by atoms with Gasteiger partial charge in [0.15, 0.2) is 5.16 Å². The molecule has 0 aliphatic carbocycles. The Hall–Kier alpha value is -3.05. The fourth-order valence-electron chi connectivity index (χ4n) is 2.90. The molecule has 0 unspecified atom stereocenters. The summed E-state index contributed by atoms with van der Waals surface area (Å²) in [5.41, 5.74) is 0.333. The lowest BCUT2D eigenvalue weighted by Gasteiger charge is -2.20. The van der Waals surface area contributed by atoms with Crippen molar-refractivity contribution >= 4 is 29.0 Å². The van der Waals surface area contributed by atoms with Crippen LogP contribution in [-0.2, 0) is 11.3 Å². The molecule has 4 aromatic rings. The minimum Gasteiger partial charge on any atom is -0.418 e. The van der Waals surface area contributed by atoms with E-state index in [-0.39, 0.29) is 24.0 Å². The average Bonchev–Trinajstić information content (AvgIpc) is 3.53. The molecule has 0 aliphatic rings. The summed E-state index contributed by atoms with van der Waals surface area (Å²) in [5.74, 6) is 0.455. The molecule has 0 atom stereocenters. The highest BCUT2D eigenvalue weighted by molar-refractivity contribution is 7.99. The predicted octanol–water partition coefficient (Wildman–Crippen LogP) is 4.05. The van der Waals surface area contributed by atoms with Gasteiger partial charge < -0.3 is 9.32 Å². The van der Waals surface area contributed by atoms with E-state index in [0.29, 0.717) is 29.2 Å². The number of hydrogen-bond acceptors (Lipinski definition) is 8. The van der Waals surface area contributed by atoms with Crippen molar-refractivity contribution in [3.8, 4) is 16.5 Å². The first-order valence-electron chi connectivity index (χ1n) is 9.57. The van der Waals surface area contributed by atoms with Gasteiger partial charge in [-0.3, -0.25) is 9.36 Å². The average molecular weight is 459 g/mol. The van der Waals surface area contributed by atoms with Crippen molar-refractivity contribution in [2.45, 2.75) is 25.0 Å². The third-order valence-electron chi connectivity index (χ3n) is 4.32. The van der Waals surface area contributed by atoms with Gasteiger partial charge in [0.2, 0.25) is 11.8 Å². The molecule has 0 radical (unpaired) electrons. The van der Waals surface area contributed by atoms with Crippen LogP contribution >= 0.6 is 23.1 Å². The number of amides is 1. The zero-order valence-electron chi connectivity index (χ0n) is 16.6. The summed E-state index contributed by atoms with van der Waals surface area (Å²) in [5, 5.41) is 18.4. The van der Waals surface area contributed by atoms with E-state index in [1.165, 1.54) is 40.1 Å². The van der Waals surface area contributed by atoms with Crippen molar-refractivity contribution in [2.75, 3.05) is 12.3 Å². The number of halogens is 1. The van der Waals surface area contributed by atoms with E-state index in [4.69, 9.17) is 4.42 Å². The van der Waals surface area contributed by atoms with Crippen molar-refractivity contribution < 1.29 is 13.6 Å². The van der Waals surface area contributed by atoms with Gasteiger partial charge in [0, 0.05) is 6.54 Å². The second-order valence-corrected chi connectivity index (χ2v) is 8.41. The standard InChI is InChI=1S/C20H19FN6O2S2/c1-2-9-26(11-17-23-24-19(29-17)16-8-5-10-30-16)18(28)12-31-20-25-22-13-27(20)15-7-4-3-6-14(15)21/h3-8,10,13H,2,9,11-12H2,1H3. The molecule has 160 valence electrons. The molecule has 31 heavy (non-hydrogen) atoms. The first-order valence-corrected chi connectivity index (χ1v) is 11.4. The third kappa shape index (κ3) is 5.00. The summed E-state index contributed by atoms with van der Waals surface area (Å²) in [6, 6.07) is 10.2. The molecule has 0 N–H and O–H groups in total. The fourth-order valence-corrected chi connectivity index (χ4v) is 4.36. The van der Waals surface area contributed by atoms with Crippen LogP contribution in [0.3, 0.4) is 0 Å². The van der Waals surface area contributed by atoms with Crippen LogP contribution in [0.1, 0.15) is 19.2 Å². The number of benzene rings is 1. The van der Waals surface area contributed by atoms with Gasteiger partial charge in [-0.2, -0.15) is 0 Å². The highest BCUT2D eigenvalue weighted by atomic mass is 32.2. The molecule has 0 fully saturated rings. The van der Waals surface area contributed by atoms with Crippen LogP contribution in [0.4, 0.5) is 4.39 Å². The maximum absolute atomic E-state index is 14.1. The SMILES string of the molecule is CCCN(Cc1nnc(-c2cccs2)o1)C(=O)CSc1nncn1-c1ccccc1F. The Labute approximate surface area is 186 Å². The molecule has 11 heteroatoms. The maximum atomic E-state index is 14.1. The molecule has 4 rings (SSSR count). The Morgan fingerprint density at radius 2 is 2.10 bits per heavy atom. The highest BCUT2D eigenvalue weighted by Crippen LogP contribution is 2.24. The van der Waals surface area contributed by atoms with Crippen molar-refractivity contribution in [3.63, 3.8) is 0 Å². The summed E-state index contributed by atoms with van der Waals surface area (Å²) in [7, 11) is 0. The van der Waals surface area contributed by atoms with Gasteiger partial charge in [-0.05, 0) is 30.0 Å². The minimum absolute atomic E-state index is 0.106. The number of carbonyl (C=O) groups is 1. The maximum Gasteiger partial charge on any atom is 0.257 e. The smallest absolute Gasteiger partial charge is 0.257 e. The number of rotatable bonds is 9. The summed E-state index contributed by atoms with van der Waals surface area (Å²) >= 11 is 2.71. The van der Waals surface area contributed by atoms with Gasteiger partial charge in [-0.1, -0.05) is 36.9 Å². The van der Waals surface area contributed by atoms with E-state index in [9.17, 15) is 9.18 Å². The first-order chi connectivity index (χ1) is 15.2. The molecule has 3 heterocycles. The van der Waals surface area contributed by atoms with Crippen molar-refractivity contribution in [1.82, 2.24) is 29.9 Å². The van der Waals surface area contributed by atoms with E-state index in [1.54, 1.807) is 23.1 Å². The molecule has 1 aromatic carbocycles. The molecule has 3 aromatic heterocycles. The van der Waals surface area contributed by atoms with Crippen LogP contribution in [0.15, 0.2) is 57.7 Å². The van der Waals surface area contributed by atoms with Crippen LogP contribution < -0.4 is 0 Å². The molecule has 0 spiro atoms. The van der Waals surface area contributed by atoms with E-state index < -0.39 is 0 Å². The van der Waals surface area contributed by atoms with Crippen LogP contribution in [-0.4, -0.2) is 48.1 Å². The molecule has 1 amide bonds. The molecule has 0 saturated carbocycles. The summed E-state index contributed by atoms with van der Waals surface area (Å²) < 4.78 is 21.4. The van der Waals surface area contributed by atoms with Crippen LogP contribution in [0, 0.1) is 5.82 Å². The Kier molecular flexibility index (Phi) is 6.73. The number of aromatic nitrogens is 5. The van der Waals surface area contributed by atoms with Gasteiger partial charge >= 0.3 is 0 Å². The normalized spacial score (nSPS) is 11.0. The molecular weight excluding hydrogens is 439 g/mol. The van der Waals surface area contributed by atoms with Gasteiger partial charge in [-0.15, -0.1) is 31.7 Å². The molecule has 0 bridgehead atoms. The number of thioether (sulfide) groups is 1. The molecule has 0 aliphatic heterocycles. The second kappa shape index (κ2) is 9.84. The summed E-state index contributed by atoms with van der Waals surface area (Å²) in [4.78, 5) is 15.4. The number of carbonyl (C=O) groups excluding carboxylic acids is 1. The summed E-state index contributed by atoms with van der Waals surface area (Å²) in [6.07, 6.45) is 2.22. The number of hydrogen-bond donors (Lipinski definition) is 0. The number of nitrogens with zero attached hydrogens (tertiary/aromatic N) is 6. The Balaban J connectivity index is 1.42. The Bertz CT molecular complexity index is 1140. The Morgan fingerprint density at radius 1 is 1.23 bits per heavy atom. The fraction of sp³-hybridized carbons (Fsp3) is 0.250. The van der Waals surface area contributed by atoms with Crippen LogP contribution in [0.2, 0.25) is 0 Å². The van der Waals surface area contributed by atoms with Crippen molar-refractivity contribution in [3.05, 3.63) is 59.8 Å². The first kappa shape index (κ1) is 21.2. The topological polar surface area (TPSA) is 89.9 Å². The predicted molar refractivity (Wildman–Crippen MR) is 115 cm³/mol. The van der Waals surface area contributed by atoms with Gasteiger partial charge in [0.25, 0.3) is 5.89 Å². The van der Waals surface area contributed by atoms with E-state index in [0.717, 1.165) is 11.3 Å². The monoisotopic (exact) mass is 458 g/mol. The van der Waals surface area contributed by atoms with E-state index in [2.05, 4.69) is 20.4 Å². The minimum atomic E-state index is -0.388. The lowest BCUT2D eigenvalue weighted by Crippen LogP contribution is -2.32. The largest absolute Gasteiger partial charge is 0.418 e. The third-order valence-corrected chi connectivity index (χ3v) is 6.11. The zero-order valence-corrected chi connectivity index (χ0v) is 18.3. The number of para-hydroxylation sites is 1. The van der Waals surface area contributed by atoms with Gasteiger partial charge in [0.05, 0.1) is 22.9 Å².